The van der Waals surface area contributed by atoms with Crippen molar-refractivity contribution < 1.29 is 0 Å². The Balaban J connectivity index is 2.35. The Kier molecular flexibility index (Phi) is 3.78. The van der Waals surface area contributed by atoms with Crippen molar-refractivity contribution in [1.82, 2.24) is 15.5 Å². The molecule has 0 aliphatic heterocycles. The van der Waals surface area contributed by atoms with Crippen LogP contribution >= 0.6 is 27.3 Å². The molecule has 0 bridgehead atoms. The SMILES string of the molecule is CNCCc1n[nH]c(C)c1-c1cc(Br)cs1. The lowest BCUT2D eigenvalue weighted by molar-refractivity contribution is 0.773. The molecule has 16 heavy (non-hydrogen) atoms. The first-order valence-electron chi connectivity index (χ1n) is 5.15. The Hall–Kier alpha value is -0.650. The number of H-pyrrole nitrogens is 1. The smallest absolute Gasteiger partial charge is 0.0724 e. The maximum absolute atomic E-state index is 4.37. The van der Waals surface area contributed by atoms with E-state index in [1.165, 1.54) is 10.4 Å². The highest BCUT2D eigenvalue weighted by molar-refractivity contribution is 9.10. The average molecular weight is 300 g/mol. The molecule has 2 aromatic rings. The molecule has 0 spiro atoms. The van der Waals surface area contributed by atoms with Gasteiger partial charge in [0.15, 0.2) is 0 Å². The molecule has 0 unspecified atom stereocenters. The predicted molar refractivity (Wildman–Crippen MR) is 72.0 cm³/mol. The summed E-state index contributed by atoms with van der Waals surface area (Å²) in [5.41, 5.74) is 3.53. The van der Waals surface area contributed by atoms with Gasteiger partial charge in [0.2, 0.25) is 0 Å². The quantitative estimate of drug-likeness (QED) is 0.911. The van der Waals surface area contributed by atoms with Crippen LogP contribution in [0, 0.1) is 6.92 Å². The molecule has 0 amide bonds. The number of thiophene rings is 1. The fraction of sp³-hybridized carbons (Fsp3) is 0.364. The number of aromatic amines is 1. The van der Waals surface area contributed by atoms with Gasteiger partial charge >= 0.3 is 0 Å². The number of nitrogens with zero attached hydrogens (tertiary/aromatic N) is 1. The minimum Gasteiger partial charge on any atom is -0.319 e. The van der Waals surface area contributed by atoms with Crippen molar-refractivity contribution in [1.29, 1.82) is 0 Å². The van der Waals surface area contributed by atoms with Crippen molar-refractivity contribution in [3.63, 3.8) is 0 Å². The van der Waals surface area contributed by atoms with Crippen molar-refractivity contribution >= 4 is 27.3 Å². The molecule has 0 aliphatic rings. The molecular weight excluding hydrogens is 286 g/mol. The predicted octanol–water partition coefficient (Wildman–Crippen LogP) is 2.97. The molecule has 0 saturated heterocycles. The number of hydrogen-bond acceptors (Lipinski definition) is 3. The Morgan fingerprint density at radius 1 is 1.56 bits per heavy atom. The maximum atomic E-state index is 4.37. The van der Waals surface area contributed by atoms with E-state index in [-0.39, 0.29) is 0 Å². The average Bonchev–Trinajstić information content (AvgIpc) is 2.82. The number of aryl methyl sites for hydroxylation is 1. The monoisotopic (exact) mass is 299 g/mol. The molecule has 2 N–H and O–H groups in total. The topological polar surface area (TPSA) is 40.7 Å². The molecule has 0 atom stereocenters. The Bertz CT molecular complexity index is 475. The van der Waals surface area contributed by atoms with Gasteiger partial charge in [0.25, 0.3) is 0 Å². The molecule has 0 fully saturated rings. The van der Waals surface area contributed by atoms with E-state index in [1.807, 2.05) is 7.05 Å². The van der Waals surface area contributed by atoms with Crippen LogP contribution < -0.4 is 5.32 Å². The van der Waals surface area contributed by atoms with Gasteiger partial charge in [-0.15, -0.1) is 11.3 Å². The first-order chi connectivity index (χ1) is 7.72. The minimum atomic E-state index is 0.948. The third kappa shape index (κ3) is 2.36. The van der Waals surface area contributed by atoms with E-state index in [4.69, 9.17) is 0 Å². The lowest BCUT2D eigenvalue weighted by Gasteiger charge is -2.00. The van der Waals surface area contributed by atoms with Crippen molar-refractivity contribution in [3.05, 3.63) is 27.3 Å². The van der Waals surface area contributed by atoms with Crippen molar-refractivity contribution in [2.75, 3.05) is 13.6 Å². The van der Waals surface area contributed by atoms with Gasteiger partial charge in [-0.05, 0) is 36.0 Å². The van der Waals surface area contributed by atoms with Crippen LogP contribution in [-0.2, 0) is 6.42 Å². The zero-order valence-corrected chi connectivity index (χ0v) is 11.7. The summed E-state index contributed by atoms with van der Waals surface area (Å²) in [7, 11) is 1.96. The van der Waals surface area contributed by atoms with Gasteiger partial charge in [-0.3, -0.25) is 5.10 Å². The first-order valence-corrected chi connectivity index (χ1v) is 6.82. The van der Waals surface area contributed by atoms with Gasteiger partial charge in [0.05, 0.1) is 5.69 Å². The molecule has 2 rings (SSSR count). The van der Waals surface area contributed by atoms with Gasteiger partial charge in [-0.25, -0.2) is 0 Å². The highest BCUT2D eigenvalue weighted by Crippen LogP contribution is 2.33. The molecule has 0 aromatic carbocycles. The third-order valence-electron chi connectivity index (χ3n) is 2.45. The van der Waals surface area contributed by atoms with Crippen molar-refractivity contribution in [3.8, 4) is 10.4 Å². The summed E-state index contributed by atoms with van der Waals surface area (Å²) in [4.78, 5) is 1.27. The van der Waals surface area contributed by atoms with Crippen LogP contribution in [0.25, 0.3) is 10.4 Å². The normalized spacial score (nSPS) is 10.9. The number of nitrogens with one attached hydrogen (secondary N) is 2. The van der Waals surface area contributed by atoms with E-state index < -0.39 is 0 Å². The van der Waals surface area contributed by atoms with E-state index in [2.05, 4.69) is 49.8 Å². The highest BCUT2D eigenvalue weighted by Gasteiger charge is 2.13. The van der Waals surface area contributed by atoms with Crippen LogP contribution in [0.3, 0.4) is 0 Å². The molecule has 0 radical (unpaired) electrons. The molecule has 0 aliphatic carbocycles. The molecule has 2 aromatic heterocycles. The molecule has 3 nitrogen and oxygen atoms in total. The second-order valence-electron chi connectivity index (χ2n) is 3.65. The van der Waals surface area contributed by atoms with E-state index in [0.29, 0.717) is 0 Å². The molecule has 5 heteroatoms. The van der Waals surface area contributed by atoms with E-state index >= 15 is 0 Å². The Labute approximate surface area is 107 Å². The molecule has 2 heterocycles. The molecule has 86 valence electrons. The van der Waals surface area contributed by atoms with Gasteiger partial charge < -0.3 is 5.32 Å². The molecular formula is C11H14BrN3S. The zero-order chi connectivity index (χ0) is 11.5. The lowest BCUT2D eigenvalue weighted by atomic mass is 10.1. The lowest BCUT2D eigenvalue weighted by Crippen LogP contribution is -2.10. The number of aromatic nitrogens is 2. The van der Waals surface area contributed by atoms with Crippen LogP contribution in [0.4, 0.5) is 0 Å². The minimum absolute atomic E-state index is 0.948. The van der Waals surface area contributed by atoms with Crippen LogP contribution in [0.15, 0.2) is 15.9 Å². The number of rotatable bonds is 4. The summed E-state index contributed by atoms with van der Waals surface area (Å²) in [6.45, 7) is 3.02. The summed E-state index contributed by atoms with van der Waals surface area (Å²) in [6.07, 6.45) is 0.950. The summed E-state index contributed by atoms with van der Waals surface area (Å²) in [5, 5.41) is 12.7. The van der Waals surface area contributed by atoms with Gasteiger partial charge in [0.1, 0.15) is 0 Å². The van der Waals surface area contributed by atoms with E-state index in [9.17, 15) is 0 Å². The standard InChI is InChI=1S/C11H14BrN3S/c1-7-11(10-5-8(12)6-16-10)9(15-14-7)3-4-13-2/h5-6,13H,3-4H2,1-2H3,(H,14,15). The van der Waals surface area contributed by atoms with Crippen LogP contribution in [0.2, 0.25) is 0 Å². The summed E-state index contributed by atoms with van der Waals surface area (Å²) in [6, 6.07) is 2.14. The van der Waals surface area contributed by atoms with Crippen molar-refractivity contribution in [2.45, 2.75) is 13.3 Å². The summed E-state index contributed by atoms with van der Waals surface area (Å²) < 4.78 is 1.13. The third-order valence-corrected chi connectivity index (χ3v) is 4.16. The Morgan fingerprint density at radius 2 is 2.38 bits per heavy atom. The summed E-state index contributed by atoms with van der Waals surface area (Å²) >= 11 is 5.23. The summed E-state index contributed by atoms with van der Waals surface area (Å²) in [5.74, 6) is 0. The van der Waals surface area contributed by atoms with Crippen LogP contribution in [0.1, 0.15) is 11.4 Å². The zero-order valence-electron chi connectivity index (χ0n) is 9.30. The molecule has 0 saturated carbocycles. The van der Waals surface area contributed by atoms with Gasteiger partial charge in [-0.2, -0.15) is 5.10 Å². The van der Waals surface area contributed by atoms with Crippen LogP contribution in [-0.4, -0.2) is 23.8 Å². The van der Waals surface area contributed by atoms with Crippen LogP contribution in [0.5, 0.6) is 0 Å². The largest absolute Gasteiger partial charge is 0.319 e. The van der Waals surface area contributed by atoms with Gasteiger partial charge in [-0.1, -0.05) is 0 Å². The first kappa shape index (κ1) is 11.8. The number of hydrogen-bond donors (Lipinski definition) is 2. The number of likely N-dealkylation sites (N-methyl/N-ethyl adjacent to an activating group) is 1. The fourth-order valence-corrected chi connectivity index (χ4v) is 3.23. The highest BCUT2D eigenvalue weighted by atomic mass is 79.9. The fourth-order valence-electron chi connectivity index (χ4n) is 1.68. The van der Waals surface area contributed by atoms with Gasteiger partial charge in [0, 0.05) is 39.0 Å². The Morgan fingerprint density at radius 3 is 3.00 bits per heavy atom. The second-order valence-corrected chi connectivity index (χ2v) is 5.48. The maximum Gasteiger partial charge on any atom is 0.0724 e. The second kappa shape index (κ2) is 5.12. The number of halogens is 1. The van der Waals surface area contributed by atoms with Crippen molar-refractivity contribution in [2.24, 2.45) is 0 Å². The van der Waals surface area contributed by atoms with E-state index in [0.717, 1.165) is 28.8 Å². The van der Waals surface area contributed by atoms with E-state index in [1.54, 1.807) is 11.3 Å².